The maximum Gasteiger partial charge on any atom is 0.256 e. The summed E-state index contributed by atoms with van der Waals surface area (Å²) in [6.07, 6.45) is 3.16. The minimum Gasteiger partial charge on any atom is -0.463 e. The molecule has 2 aromatic heterocycles. The molecule has 0 unspecified atom stereocenters. The van der Waals surface area contributed by atoms with Crippen molar-refractivity contribution in [2.45, 2.75) is 6.92 Å². The van der Waals surface area contributed by atoms with Crippen LogP contribution in [-0.2, 0) is 0 Å². The molecule has 1 N–H and O–H groups in total. The van der Waals surface area contributed by atoms with Crippen LogP contribution in [0.25, 0.3) is 22.7 Å². The van der Waals surface area contributed by atoms with Crippen molar-refractivity contribution >= 4 is 17.4 Å². The minimum atomic E-state index is -0.248. The molecule has 150 valence electrons. The van der Waals surface area contributed by atoms with E-state index in [0.717, 1.165) is 16.8 Å². The van der Waals surface area contributed by atoms with Gasteiger partial charge in [-0.3, -0.25) is 4.79 Å². The summed E-state index contributed by atoms with van der Waals surface area (Å²) >= 11 is 0. The van der Waals surface area contributed by atoms with Gasteiger partial charge in [-0.15, -0.1) is 0 Å². The number of aromatic nitrogens is 2. The first kappa shape index (κ1) is 19.4. The molecule has 2 aromatic carbocycles. The number of nitrogens with zero attached hydrogens (tertiary/aromatic N) is 3. The van der Waals surface area contributed by atoms with Gasteiger partial charge in [-0.05, 0) is 43.3 Å². The van der Waals surface area contributed by atoms with Crippen molar-refractivity contribution in [3.63, 3.8) is 0 Å². The molecule has 0 aliphatic carbocycles. The van der Waals surface area contributed by atoms with Gasteiger partial charge in [0.25, 0.3) is 5.91 Å². The van der Waals surface area contributed by atoms with E-state index in [1.165, 1.54) is 0 Å². The summed E-state index contributed by atoms with van der Waals surface area (Å²) in [4.78, 5) is 24.0. The van der Waals surface area contributed by atoms with Gasteiger partial charge in [0.1, 0.15) is 5.69 Å². The van der Waals surface area contributed by atoms with Crippen LogP contribution in [0.2, 0.25) is 0 Å². The average molecular weight is 398 g/mol. The molecule has 4 aromatic rings. The molecule has 6 heteroatoms. The lowest BCUT2D eigenvalue weighted by Crippen LogP contribution is -2.15. The zero-order chi connectivity index (χ0) is 21.1. The van der Waals surface area contributed by atoms with E-state index in [0.29, 0.717) is 28.5 Å². The van der Waals surface area contributed by atoms with Crippen LogP contribution in [0.15, 0.2) is 77.5 Å². The second-order valence-electron chi connectivity index (χ2n) is 7.20. The smallest absolute Gasteiger partial charge is 0.256 e. The van der Waals surface area contributed by atoms with E-state index in [9.17, 15) is 4.79 Å². The summed E-state index contributed by atoms with van der Waals surface area (Å²) in [6.45, 7) is 2.03. The van der Waals surface area contributed by atoms with E-state index >= 15 is 0 Å². The highest BCUT2D eigenvalue weighted by Crippen LogP contribution is 2.30. The van der Waals surface area contributed by atoms with Crippen molar-refractivity contribution in [1.82, 2.24) is 9.97 Å². The average Bonchev–Trinajstić information content (AvgIpc) is 3.28. The number of carbonyl (C=O) groups excluding carboxylic acids is 1. The molecule has 0 fully saturated rings. The Balaban J connectivity index is 1.69. The number of nitrogens with one attached hydrogen (secondary N) is 1. The summed E-state index contributed by atoms with van der Waals surface area (Å²) in [7, 11) is 3.87. The van der Waals surface area contributed by atoms with Crippen LogP contribution >= 0.6 is 0 Å². The summed E-state index contributed by atoms with van der Waals surface area (Å²) in [6, 6.07) is 19.1. The zero-order valence-electron chi connectivity index (χ0n) is 17.1. The lowest BCUT2D eigenvalue weighted by Gasteiger charge is -2.14. The van der Waals surface area contributed by atoms with Crippen molar-refractivity contribution < 1.29 is 9.21 Å². The molecule has 0 saturated carbocycles. The summed E-state index contributed by atoms with van der Waals surface area (Å²) in [5.41, 5.74) is 4.82. The molecule has 2 heterocycles. The molecule has 0 spiro atoms. The molecule has 1 amide bonds. The van der Waals surface area contributed by atoms with E-state index in [-0.39, 0.29) is 5.91 Å². The Morgan fingerprint density at radius 3 is 2.57 bits per heavy atom. The van der Waals surface area contributed by atoms with Gasteiger partial charge in [-0.1, -0.05) is 29.8 Å². The van der Waals surface area contributed by atoms with Crippen LogP contribution in [0.4, 0.5) is 11.5 Å². The Hall–Kier alpha value is -3.93. The maximum atomic E-state index is 12.8. The first-order valence-electron chi connectivity index (χ1n) is 9.58. The Bertz CT molecular complexity index is 1180. The van der Waals surface area contributed by atoms with E-state index in [2.05, 4.69) is 15.3 Å². The molecule has 0 aliphatic heterocycles. The van der Waals surface area contributed by atoms with Gasteiger partial charge in [0.2, 0.25) is 0 Å². The monoisotopic (exact) mass is 398 g/mol. The highest BCUT2D eigenvalue weighted by molar-refractivity contribution is 6.04. The van der Waals surface area contributed by atoms with Crippen molar-refractivity contribution in [2.75, 3.05) is 24.3 Å². The molecule has 4 rings (SSSR count). The summed E-state index contributed by atoms with van der Waals surface area (Å²) in [5.74, 6) is 0.699. The topological polar surface area (TPSA) is 71.3 Å². The van der Waals surface area contributed by atoms with Gasteiger partial charge in [-0.2, -0.15) is 0 Å². The summed E-state index contributed by atoms with van der Waals surface area (Å²) < 4.78 is 5.58. The van der Waals surface area contributed by atoms with Crippen LogP contribution in [0.1, 0.15) is 15.9 Å². The van der Waals surface area contributed by atoms with Gasteiger partial charge in [0.05, 0.1) is 18.2 Å². The number of hydrogen-bond donors (Lipinski definition) is 1. The van der Waals surface area contributed by atoms with Crippen LogP contribution in [0, 0.1) is 6.92 Å². The molecule has 0 bridgehead atoms. The molecule has 6 nitrogen and oxygen atoms in total. The highest BCUT2D eigenvalue weighted by atomic mass is 16.3. The van der Waals surface area contributed by atoms with E-state index < -0.39 is 0 Å². The normalized spacial score (nSPS) is 10.6. The predicted molar refractivity (Wildman–Crippen MR) is 119 cm³/mol. The standard InChI is InChI=1S/C24H22N4O2/c1-16-7-4-8-17(13-16)22-23(20-11-6-12-30-20)26-21(15-25-22)27-24(29)18-9-5-10-19(14-18)28(2)3/h4-15H,1-3H3,(H,26,27,29). The van der Waals surface area contributed by atoms with Crippen LogP contribution in [0.3, 0.4) is 0 Å². The molecule has 0 atom stereocenters. The quantitative estimate of drug-likeness (QED) is 0.510. The van der Waals surface area contributed by atoms with Gasteiger partial charge < -0.3 is 14.6 Å². The highest BCUT2D eigenvalue weighted by Gasteiger charge is 2.16. The van der Waals surface area contributed by atoms with Crippen LogP contribution in [-0.4, -0.2) is 30.0 Å². The second kappa shape index (κ2) is 8.21. The molecule has 0 saturated heterocycles. The number of rotatable bonds is 5. The number of aryl methyl sites for hydroxylation is 1. The molecular weight excluding hydrogens is 376 g/mol. The third kappa shape index (κ3) is 4.07. The fraction of sp³-hybridized carbons (Fsp3) is 0.125. The van der Waals surface area contributed by atoms with Crippen molar-refractivity contribution in [3.8, 4) is 22.7 Å². The van der Waals surface area contributed by atoms with Gasteiger partial charge >= 0.3 is 0 Å². The first-order valence-corrected chi connectivity index (χ1v) is 9.58. The van der Waals surface area contributed by atoms with Gasteiger partial charge in [-0.25, -0.2) is 9.97 Å². The lowest BCUT2D eigenvalue weighted by atomic mass is 10.1. The third-order valence-corrected chi connectivity index (χ3v) is 4.68. The third-order valence-electron chi connectivity index (χ3n) is 4.68. The SMILES string of the molecule is Cc1cccc(-c2ncc(NC(=O)c3cccc(N(C)C)c3)nc2-c2ccco2)c1. The Morgan fingerprint density at radius 2 is 1.83 bits per heavy atom. The Morgan fingerprint density at radius 1 is 1.00 bits per heavy atom. The Kier molecular flexibility index (Phi) is 5.30. The van der Waals surface area contributed by atoms with Crippen molar-refractivity contribution in [3.05, 3.63) is 84.3 Å². The van der Waals surface area contributed by atoms with E-state index in [1.54, 1.807) is 24.6 Å². The molecule has 30 heavy (non-hydrogen) atoms. The number of anilines is 2. The van der Waals surface area contributed by atoms with E-state index in [4.69, 9.17) is 4.42 Å². The summed E-state index contributed by atoms with van der Waals surface area (Å²) in [5, 5.41) is 2.84. The minimum absolute atomic E-state index is 0.248. The molecular formula is C24H22N4O2. The second-order valence-corrected chi connectivity index (χ2v) is 7.20. The number of benzene rings is 2. The van der Waals surface area contributed by atoms with Crippen LogP contribution in [0.5, 0.6) is 0 Å². The molecule has 0 radical (unpaired) electrons. The number of carbonyl (C=O) groups is 1. The fourth-order valence-corrected chi connectivity index (χ4v) is 3.15. The number of furan rings is 1. The van der Waals surface area contributed by atoms with Crippen LogP contribution < -0.4 is 10.2 Å². The molecule has 0 aliphatic rings. The maximum absolute atomic E-state index is 12.8. The number of amides is 1. The predicted octanol–water partition coefficient (Wildman–Crippen LogP) is 5.03. The van der Waals surface area contributed by atoms with Gasteiger partial charge in [0.15, 0.2) is 11.6 Å². The van der Waals surface area contributed by atoms with Crippen molar-refractivity contribution in [1.29, 1.82) is 0 Å². The largest absolute Gasteiger partial charge is 0.463 e. The number of hydrogen-bond acceptors (Lipinski definition) is 5. The Labute approximate surface area is 175 Å². The van der Waals surface area contributed by atoms with E-state index in [1.807, 2.05) is 74.4 Å². The van der Waals surface area contributed by atoms with Crippen molar-refractivity contribution in [2.24, 2.45) is 0 Å². The fourth-order valence-electron chi connectivity index (χ4n) is 3.15. The zero-order valence-corrected chi connectivity index (χ0v) is 17.1. The lowest BCUT2D eigenvalue weighted by molar-refractivity contribution is 0.102. The first-order chi connectivity index (χ1) is 14.5. The van der Waals surface area contributed by atoms with Gasteiger partial charge in [0, 0.05) is 30.9 Å².